The number of nitrogens with one attached hydrogen (secondary N) is 2. The van der Waals surface area contributed by atoms with Gasteiger partial charge in [0.15, 0.2) is 6.04 Å². The van der Waals surface area contributed by atoms with E-state index in [1.54, 1.807) is 41.8 Å². The van der Waals surface area contributed by atoms with Crippen LogP contribution in [-0.4, -0.2) is 29.5 Å². The summed E-state index contributed by atoms with van der Waals surface area (Å²) in [4.78, 5) is 28.8. The molecule has 2 aliphatic carbocycles. The molecule has 1 aromatic rings. The molecule has 134 valence electrons. The van der Waals surface area contributed by atoms with Gasteiger partial charge in [0.1, 0.15) is 6.54 Å². The lowest BCUT2D eigenvalue weighted by Crippen LogP contribution is -2.44. The Morgan fingerprint density at radius 1 is 1.15 bits per heavy atom. The van der Waals surface area contributed by atoms with Crippen molar-refractivity contribution >= 4 is 11.8 Å². The molecular weight excluding hydrogens is 347 g/mol. The first kappa shape index (κ1) is 17.7. The van der Waals surface area contributed by atoms with Crippen molar-refractivity contribution in [1.82, 2.24) is 15.6 Å². The predicted octanol–water partition coefficient (Wildman–Crippen LogP) is 2.28. The normalized spacial score (nSPS) is 16.3. The van der Waals surface area contributed by atoms with E-state index in [4.69, 9.17) is 0 Å². The van der Waals surface area contributed by atoms with Crippen LogP contribution >= 0.6 is 0 Å². The van der Waals surface area contributed by atoms with E-state index in [1.807, 2.05) is 6.08 Å². The van der Waals surface area contributed by atoms with E-state index in [9.17, 15) is 22.8 Å². The molecule has 5 nitrogen and oxygen atoms in total. The van der Waals surface area contributed by atoms with Gasteiger partial charge in [0.25, 0.3) is 5.91 Å². The Labute approximate surface area is 147 Å². The van der Waals surface area contributed by atoms with Gasteiger partial charge >= 0.3 is 6.18 Å². The van der Waals surface area contributed by atoms with Crippen LogP contribution in [0.25, 0.3) is 0 Å². The number of pyridine rings is 1. The van der Waals surface area contributed by atoms with Crippen molar-refractivity contribution in [3.05, 3.63) is 77.2 Å². The van der Waals surface area contributed by atoms with Crippen molar-refractivity contribution in [2.45, 2.75) is 12.2 Å². The van der Waals surface area contributed by atoms with Gasteiger partial charge in [-0.3, -0.25) is 14.6 Å². The van der Waals surface area contributed by atoms with Crippen LogP contribution in [0.2, 0.25) is 0 Å². The summed E-state index contributed by atoms with van der Waals surface area (Å²) in [6.45, 7) is -1.49. The number of amides is 2. The van der Waals surface area contributed by atoms with Crippen LogP contribution in [-0.2, 0) is 9.59 Å². The van der Waals surface area contributed by atoms with Crippen LogP contribution in [0.15, 0.2) is 71.5 Å². The number of fused-ring (bicyclic) bond motifs is 1. The van der Waals surface area contributed by atoms with Gasteiger partial charge in [-0.2, -0.15) is 13.2 Å². The first-order chi connectivity index (χ1) is 12.3. The number of halogens is 3. The molecule has 0 fully saturated rings. The fourth-order valence-electron chi connectivity index (χ4n) is 2.60. The van der Waals surface area contributed by atoms with E-state index in [0.717, 1.165) is 5.57 Å². The molecule has 0 aromatic carbocycles. The fourth-order valence-corrected chi connectivity index (χ4v) is 2.60. The van der Waals surface area contributed by atoms with E-state index in [-0.39, 0.29) is 5.69 Å². The average molecular weight is 361 g/mol. The molecule has 0 radical (unpaired) electrons. The molecule has 26 heavy (non-hydrogen) atoms. The molecule has 0 bridgehead atoms. The highest BCUT2D eigenvalue weighted by Crippen LogP contribution is 2.31. The van der Waals surface area contributed by atoms with Gasteiger partial charge in [-0.1, -0.05) is 30.4 Å². The molecule has 1 aromatic heterocycles. The molecule has 1 unspecified atom stereocenters. The Bertz CT molecular complexity index is 852. The van der Waals surface area contributed by atoms with Gasteiger partial charge in [0, 0.05) is 11.8 Å². The second-order valence-corrected chi connectivity index (χ2v) is 5.64. The standard InChI is InChI=1S/C18H14F3N3O2/c19-18(20,21)10-23-17(26)15(14-6-1-2-9-22-14)24-16(25)13-8-7-11-4-3-5-12(11)13/h1-9,15H,10H2,(H,23,26)(H,24,25). The zero-order valence-corrected chi connectivity index (χ0v) is 13.4. The molecule has 0 aliphatic heterocycles. The highest BCUT2D eigenvalue weighted by atomic mass is 19.4. The molecule has 0 spiro atoms. The lowest BCUT2D eigenvalue weighted by Gasteiger charge is -2.19. The summed E-state index contributed by atoms with van der Waals surface area (Å²) in [5.74, 6) is -1.55. The van der Waals surface area contributed by atoms with Crippen LogP contribution in [0.1, 0.15) is 11.7 Å². The molecular formula is C18H14F3N3O2. The smallest absolute Gasteiger partial charge is 0.345 e. The molecule has 3 rings (SSSR count). The predicted molar refractivity (Wildman–Crippen MR) is 87.6 cm³/mol. The fraction of sp³-hybridized carbons (Fsp3) is 0.167. The molecule has 0 saturated carbocycles. The van der Waals surface area contributed by atoms with Gasteiger partial charge in [-0.15, -0.1) is 0 Å². The Morgan fingerprint density at radius 3 is 2.65 bits per heavy atom. The number of carbonyl (C=O) groups excluding carboxylic acids is 2. The first-order valence-corrected chi connectivity index (χ1v) is 7.72. The summed E-state index contributed by atoms with van der Waals surface area (Å²) < 4.78 is 37.2. The van der Waals surface area contributed by atoms with Crippen LogP contribution in [0.3, 0.4) is 0 Å². The van der Waals surface area contributed by atoms with Gasteiger partial charge in [-0.05, 0) is 29.4 Å². The minimum Gasteiger partial charge on any atom is -0.345 e. The molecule has 1 atom stereocenters. The van der Waals surface area contributed by atoms with Gasteiger partial charge in [0.05, 0.1) is 5.69 Å². The highest BCUT2D eigenvalue weighted by Gasteiger charge is 2.32. The summed E-state index contributed by atoms with van der Waals surface area (Å²) in [5, 5.41) is 4.26. The number of allylic oxidation sites excluding steroid dienone is 6. The average Bonchev–Trinajstić information content (AvgIpc) is 3.21. The minimum absolute atomic E-state index is 0.144. The van der Waals surface area contributed by atoms with Crippen LogP contribution in [0.5, 0.6) is 0 Å². The molecule has 8 heteroatoms. The third-order valence-corrected chi connectivity index (χ3v) is 3.80. The van der Waals surface area contributed by atoms with Gasteiger partial charge in [0.2, 0.25) is 5.91 Å². The second-order valence-electron chi connectivity index (χ2n) is 5.64. The Morgan fingerprint density at radius 2 is 1.96 bits per heavy atom. The summed E-state index contributed by atoms with van der Waals surface area (Å²) in [7, 11) is 0. The second kappa shape index (κ2) is 6.99. The monoisotopic (exact) mass is 361 g/mol. The lowest BCUT2D eigenvalue weighted by atomic mass is 10.0. The van der Waals surface area contributed by atoms with E-state index in [0.29, 0.717) is 11.1 Å². The van der Waals surface area contributed by atoms with E-state index < -0.39 is 30.6 Å². The summed E-state index contributed by atoms with van der Waals surface area (Å²) in [6, 6.07) is 3.30. The van der Waals surface area contributed by atoms with Crippen LogP contribution in [0.4, 0.5) is 13.2 Å². The number of carbonyl (C=O) groups is 2. The molecule has 2 amide bonds. The van der Waals surface area contributed by atoms with Crippen LogP contribution < -0.4 is 10.6 Å². The Hall–Kier alpha value is -3.16. The maximum absolute atomic E-state index is 12.6. The van der Waals surface area contributed by atoms with Gasteiger partial charge < -0.3 is 10.6 Å². The SMILES string of the molecule is O=C(NC(C(=O)NCC(F)(F)F)c1ccccn1)C1=CC=C2C=CC=C21. The molecule has 2 N–H and O–H groups in total. The number of aromatic nitrogens is 1. The van der Waals surface area contributed by atoms with E-state index >= 15 is 0 Å². The maximum Gasteiger partial charge on any atom is 0.405 e. The summed E-state index contributed by atoms with van der Waals surface area (Å²) in [5.41, 5.74) is 2.06. The minimum atomic E-state index is -4.55. The van der Waals surface area contributed by atoms with E-state index in [2.05, 4.69) is 10.3 Å². The quantitative estimate of drug-likeness (QED) is 0.845. The molecule has 0 saturated heterocycles. The topological polar surface area (TPSA) is 71.1 Å². The van der Waals surface area contributed by atoms with E-state index in [1.165, 1.54) is 12.3 Å². The third-order valence-electron chi connectivity index (χ3n) is 3.80. The lowest BCUT2D eigenvalue weighted by molar-refractivity contribution is -0.140. The number of nitrogens with zero attached hydrogens (tertiary/aromatic N) is 1. The van der Waals surface area contributed by atoms with Gasteiger partial charge in [-0.25, -0.2) is 0 Å². The Balaban J connectivity index is 1.76. The van der Waals surface area contributed by atoms with Crippen molar-refractivity contribution in [3.8, 4) is 0 Å². The van der Waals surface area contributed by atoms with Crippen molar-refractivity contribution in [1.29, 1.82) is 0 Å². The van der Waals surface area contributed by atoms with Crippen molar-refractivity contribution in [3.63, 3.8) is 0 Å². The zero-order valence-electron chi connectivity index (χ0n) is 13.4. The number of hydrogen-bond donors (Lipinski definition) is 2. The highest BCUT2D eigenvalue weighted by molar-refractivity contribution is 6.03. The third kappa shape index (κ3) is 3.90. The summed E-state index contributed by atoms with van der Waals surface area (Å²) in [6.07, 6.45) is 5.56. The zero-order chi connectivity index (χ0) is 18.7. The Kier molecular flexibility index (Phi) is 4.75. The van der Waals surface area contributed by atoms with Crippen molar-refractivity contribution < 1.29 is 22.8 Å². The molecule has 1 heterocycles. The number of hydrogen-bond acceptors (Lipinski definition) is 3. The van der Waals surface area contributed by atoms with Crippen molar-refractivity contribution in [2.24, 2.45) is 0 Å². The van der Waals surface area contributed by atoms with Crippen molar-refractivity contribution in [2.75, 3.05) is 6.54 Å². The summed E-state index contributed by atoms with van der Waals surface area (Å²) >= 11 is 0. The first-order valence-electron chi connectivity index (χ1n) is 7.72. The number of alkyl halides is 3. The largest absolute Gasteiger partial charge is 0.405 e. The number of rotatable bonds is 5. The molecule has 2 aliphatic rings. The van der Waals surface area contributed by atoms with Crippen LogP contribution in [0, 0.1) is 0 Å². The maximum atomic E-state index is 12.6.